The van der Waals surface area contributed by atoms with Gasteiger partial charge in [-0.25, -0.2) is 0 Å². The van der Waals surface area contributed by atoms with Gasteiger partial charge in [0.15, 0.2) is 0 Å². The molecule has 6 heteroatoms. The average molecular weight is 128 g/mol. The Bertz CT molecular complexity index is 82.1. The molecule has 1 aliphatic heterocycles. The highest BCUT2D eigenvalue weighted by atomic mass is 32.3. The van der Waals surface area contributed by atoms with Crippen molar-refractivity contribution in [3.63, 3.8) is 0 Å². The van der Waals surface area contributed by atoms with E-state index in [-0.39, 0.29) is 0 Å². The first-order valence-electron chi connectivity index (χ1n) is 1.00. The maximum atomic E-state index is 9.58. The normalized spacial score (nSPS) is 44.7. The van der Waals surface area contributed by atoms with Gasteiger partial charge in [-0.1, -0.05) is 0 Å². The van der Waals surface area contributed by atoms with Crippen LogP contribution >= 0.6 is 0 Å². The van der Waals surface area contributed by atoms with Gasteiger partial charge in [0.1, 0.15) is 0 Å². The Kier molecular flexibility index (Phi) is 1.00. The second-order valence-electron chi connectivity index (χ2n) is 0.544. The second-order valence-corrected chi connectivity index (χ2v) is 2.45. The van der Waals surface area contributed by atoms with Gasteiger partial charge in [0.2, 0.25) is 0 Å². The first-order chi connectivity index (χ1) is 2.79. The van der Waals surface area contributed by atoms with Crippen LogP contribution in [0.1, 0.15) is 0 Å². The quantitative estimate of drug-likeness (QED) is 0.428. The summed E-state index contributed by atoms with van der Waals surface area (Å²) in [6, 6.07) is 0. The molecule has 1 saturated heterocycles. The lowest BCUT2D eigenvalue weighted by molar-refractivity contribution is 0.387. The van der Waals surface area contributed by atoms with Crippen LogP contribution in [0.15, 0.2) is 0 Å². The molecule has 0 atom stereocenters. The molecule has 1 aliphatic rings. The average Bonchev–Trinajstić information content (AvgIpc) is 1.33. The lowest BCUT2D eigenvalue weighted by Gasteiger charge is -2.04. The molecule has 0 aliphatic carbocycles. The molecule has 1 rings (SSSR count). The van der Waals surface area contributed by atoms with Crippen LogP contribution in [0.5, 0.6) is 0 Å². The Labute approximate surface area is 39.2 Å². The van der Waals surface area contributed by atoms with Crippen LogP contribution in [0.2, 0.25) is 0 Å². The van der Waals surface area contributed by atoms with Crippen LogP contribution in [0.3, 0.4) is 0 Å². The van der Waals surface area contributed by atoms with Crippen molar-refractivity contribution < 1.29 is 15.7 Å². The topological polar surface area (TPSA) is 52.6 Å². The van der Waals surface area contributed by atoms with Crippen LogP contribution in [0.4, 0.5) is 0 Å². The van der Waals surface area contributed by atoms with E-state index in [0.29, 0.717) is 0 Å². The fraction of sp³-hybridized carbons (Fsp3) is 0. The summed E-state index contributed by atoms with van der Waals surface area (Å²) >= 11 is -3.44. The highest BCUT2D eigenvalue weighted by molar-refractivity contribution is 8.01. The van der Waals surface area contributed by atoms with E-state index in [2.05, 4.69) is 7.26 Å². The first-order valence-corrected chi connectivity index (χ1v) is 3.00. The van der Waals surface area contributed by atoms with Gasteiger partial charge in [-0.3, -0.25) is 0 Å². The third-order valence-electron chi connectivity index (χ3n) is 0.222. The Morgan fingerprint density at radius 2 is 1.33 bits per heavy atom. The van der Waals surface area contributed by atoms with Gasteiger partial charge < -0.3 is 0 Å². The van der Waals surface area contributed by atoms with Crippen molar-refractivity contribution in [3.8, 4) is 0 Å². The molecule has 1 fully saturated rings. The van der Waals surface area contributed by atoms with Crippen molar-refractivity contribution in [2.24, 2.45) is 0 Å². The molecule has 6 heavy (non-hydrogen) atoms. The number of hydrogen-bond donors (Lipinski definition) is 0. The highest BCUT2D eigenvalue weighted by Gasteiger charge is 2.23. The van der Waals surface area contributed by atoms with Crippen molar-refractivity contribution in [2.75, 3.05) is 0 Å². The fourth-order valence-electron chi connectivity index (χ4n) is 0.0958. The zero-order valence-electron chi connectivity index (χ0n) is 2.45. The third-order valence-corrected chi connectivity index (χ3v) is 2.00. The Hall–Kier alpha value is 0.220. The van der Waals surface area contributed by atoms with Crippen molar-refractivity contribution in [2.45, 2.75) is 0 Å². The minimum Gasteiger partial charge on any atom is -0.195 e. The Morgan fingerprint density at radius 1 is 1.00 bits per heavy atom. The summed E-state index contributed by atoms with van der Waals surface area (Å²) in [7, 11) is 0. The molecule has 0 aromatic rings. The summed E-state index contributed by atoms with van der Waals surface area (Å²) in [6.07, 6.45) is 0. The predicted octanol–water partition coefficient (Wildman–Crippen LogP) is -0.809. The van der Waals surface area contributed by atoms with Gasteiger partial charge in [-0.15, -0.1) is 7.26 Å². The van der Waals surface area contributed by atoms with Crippen LogP contribution in [-0.2, 0) is 30.0 Å². The maximum Gasteiger partial charge on any atom is 0.336 e. The molecule has 0 radical (unpaired) electrons. The first kappa shape index (κ1) is 4.38. The molecule has 1 heterocycles. The summed E-state index contributed by atoms with van der Waals surface area (Å²) in [5.41, 5.74) is 0. The molecule has 0 aromatic heterocycles. The van der Waals surface area contributed by atoms with Crippen LogP contribution in [0, 0.1) is 0 Å². The summed E-state index contributed by atoms with van der Waals surface area (Å²) < 4.78 is 26.9. The minimum absolute atomic E-state index is 1.72. The van der Waals surface area contributed by atoms with E-state index in [1.807, 2.05) is 0 Å². The third kappa shape index (κ3) is 0.648. The fourth-order valence-corrected chi connectivity index (χ4v) is 0.862. The molecule has 0 unspecified atom stereocenters. The van der Waals surface area contributed by atoms with Gasteiger partial charge >= 0.3 is 22.7 Å². The number of hydrogen-bond acceptors (Lipinski definition) is 4. The summed E-state index contributed by atoms with van der Waals surface area (Å²) in [5.74, 6) is 0. The summed E-state index contributed by atoms with van der Waals surface area (Å²) in [6.45, 7) is 0. The Balaban J connectivity index is 2.47. The van der Waals surface area contributed by atoms with Gasteiger partial charge in [0.05, 0.1) is 0 Å². The van der Waals surface area contributed by atoms with E-state index in [1.54, 1.807) is 0 Å². The van der Waals surface area contributed by atoms with Crippen molar-refractivity contribution >= 4 is 22.7 Å². The monoisotopic (exact) mass is 128 g/mol. The van der Waals surface area contributed by atoms with Gasteiger partial charge in [0, 0.05) is 0 Å². The van der Waals surface area contributed by atoms with Crippen molar-refractivity contribution in [3.05, 3.63) is 0 Å². The predicted molar refractivity (Wildman–Crippen MR) is 18.5 cm³/mol. The lowest BCUT2D eigenvalue weighted by atomic mass is 15.7. The molecule has 0 saturated carbocycles. The van der Waals surface area contributed by atoms with E-state index in [9.17, 15) is 8.42 Å². The largest absolute Gasteiger partial charge is 0.336 e. The minimum atomic E-state index is -1.72. The zero-order valence-corrected chi connectivity index (χ0v) is 4.08. The van der Waals surface area contributed by atoms with E-state index < -0.39 is 22.7 Å². The van der Waals surface area contributed by atoms with Crippen LogP contribution in [-0.4, -0.2) is 8.42 Å². The standard InChI is InChI=1S/O4S2/c1-5-3-6(2)4-5. The van der Waals surface area contributed by atoms with E-state index in [4.69, 9.17) is 0 Å². The van der Waals surface area contributed by atoms with Gasteiger partial charge in [0.25, 0.3) is 0 Å². The second kappa shape index (κ2) is 1.38. The number of rotatable bonds is 0. The van der Waals surface area contributed by atoms with Crippen molar-refractivity contribution in [1.82, 2.24) is 0 Å². The molecule has 0 N–H and O–H groups in total. The highest BCUT2D eigenvalue weighted by Crippen LogP contribution is 2.08. The van der Waals surface area contributed by atoms with E-state index in [0.717, 1.165) is 0 Å². The molecule has 0 spiro atoms. The molecule has 36 valence electrons. The molecular weight excluding hydrogens is 128 g/mol. The van der Waals surface area contributed by atoms with E-state index >= 15 is 0 Å². The van der Waals surface area contributed by atoms with E-state index in [1.165, 1.54) is 0 Å². The summed E-state index contributed by atoms with van der Waals surface area (Å²) in [5, 5.41) is 0. The molecule has 0 aromatic carbocycles. The molecular formula is O4S2. The Morgan fingerprint density at radius 3 is 1.33 bits per heavy atom. The smallest absolute Gasteiger partial charge is 0.195 e. The van der Waals surface area contributed by atoms with Crippen LogP contribution in [0.25, 0.3) is 0 Å². The SMILES string of the molecule is O=S1OS(=O)O1. The summed E-state index contributed by atoms with van der Waals surface area (Å²) in [4.78, 5) is 0. The van der Waals surface area contributed by atoms with Gasteiger partial charge in [-0.2, -0.15) is 8.42 Å². The van der Waals surface area contributed by atoms with Crippen molar-refractivity contribution in [1.29, 1.82) is 0 Å². The van der Waals surface area contributed by atoms with Crippen LogP contribution < -0.4 is 0 Å². The van der Waals surface area contributed by atoms with Gasteiger partial charge in [-0.05, 0) is 0 Å². The zero-order chi connectivity index (χ0) is 4.57. The molecule has 0 bridgehead atoms. The maximum absolute atomic E-state index is 9.58. The molecule has 0 amide bonds. The lowest BCUT2D eigenvalue weighted by Crippen LogP contribution is -2.17. The molecule has 4 nitrogen and oxygen atoms in total.